The molecule has 1 aromatic heterocycles. The molecule has 0 atom stereocenters. The lowest BCUT2D eigenvalue weighted by atomic mass is 10.1. The average Bonchev–Trinajstić information content (AvgIpc) is 2.96. The van der Waals surface area contributed by atoms with Gasteiger partial charge < -0.3 is 9.47 Å². The predicted molar refractivity (Wildman–Crippen MR) is 104 cm³/mol. The van der Waals surface area contributed by atoms with Gasteiger partial charge in [0.25, 0.3) is 5.91 Å². The van der Waals surface area contributed by atoms with E-state index in [4.69, 9.17) is 0 Å². The van der Waals surface area contributed by atoms with Gasteiger partial charge in [-0.2, -0.15) is 0 Å². The molecule has 0 radical (unpaired) electrons. The van der Waals surface area contributed by atoms with Gasteiger partial charge in [-0.1, -0.05) is 35.0 Å². The minimum atomic E-state index is -0.0805. The normalized spacial score (nSPS) is 13.5. The van der Waals surface area contributed by atoms with E-state index in [0.717, 1.165) is 29.0 Å². The number of anilines is 3. The van der Waals surface area contributed by atoms with E-state index >= 15 is 0 Å². The Bertz CT molecular complexity index is 828. The van der Waals surface area contributed by atoms with Gasteiger partial charge in [0.1, 0.15) is 5.69 Å². The van der Waals surface area contributed by atoms with Crippen LogP contribution in [0.15, 0.2) is 30.5 Å². The number of benzene rings is 1. The van der Waals surface area contributed by atoms with Crippen LogP contribution in [0.4, 0.5) is 17.1 Å². The first-order valence-corrected chi connectivity index (χ1v) is 9.72. The molecule has 3 rings (SSSR count). The zero-order chi connectivity index (χ0) is 18.1. The maximum Gasteiger partial charge on any atom is 0.277 e. The third-order valence-corrected chi connectivity index (χ3v) is 5.09. The van der Waals surface area contributed by atoms with Gasteiger partial charge in [-0.25, -0.2) is 0 Å². The number of amides is 2. The average molecular weight is 404 g/mol. The number of carbonyl (C=O) groups excluding carboxylic acids is 2. The van der Waals surface area contributed by atoms with Crippen molar-refractivity contribution in [1.29, 1.82) is 0 Å². The number of para-hydroxylation sites is 2. The summed E-state index contributed by atoms with van der Waals surface area (Å²) in [7, 11) is 0. The number of aryl methyl sites for hydroxylation is 2. The Morgan fingerprint density at radius 2 is 1.76 bits per heavy atom. The van der Waals surface area contributed by atoms with Gasteiger partial charge in [0.15, 0.2) is 0 Å². The second kappa shape index (κ2) is 7.04. The third kappa shape index (κ3) is 2.68. The zero-order valence-corrected chi connectivity index (χ0v) is 16.3. The van der Waals surface area contributed by atoms with Crippen LogP contribution in [0.5, 0.6) is 0 Å². The van der Waals surface area contributed by atoms with Crippen molar-refractivity contribution >= 4 is 44.8 Å². The fourth-order valence-corrected chi connectivity index (χ4v) is 3.71. The highest BCUT2D eigenvalue weighted by Crippen LogP contribution is 2.43. The lowest BCUT2D eigenvalue weighted by molar-refractivity contribution is -0.115. The van der Waals surface area contributed by atoms with Gasteiger partial charge in [-0.3, -0.25) is 14.5 Å². The first-order chi connectivity index (χ1) is 12.1. The third-order valence-electron chi connectivity index (χ3n) is 4.61. The summed E-state index contributed by atoms with van der Waals surface area (Å²) >= 11 is 3.30. The SMILES string of the molecule is CCc1cn(CC)c2c1N(C(=O)CBr)c1ccccc1N(CC)C2=O. The van der Waals surface area contributed by atoms with Crippen LogP contribution in [0.3, 0.4) is 0 Å². The summed E-state index contributed by atoms with van der Waals surface area (Å²) in [6.07, 6.45) is 2.75. The lowest BCUT2D eigenvalue weighted by Gasteiger charge is -2.25. The standard InChI is InChI=1S/C19H22BrN3O2/c1-4-13-12-21(5-2)18-17(13)23(16(24)11-20)15-10-8-7-9-14(15)22(6-3)19(18)25/h7-10,12H,4-6,11H2,1-3H3. The van der Waals surface area contributed by atoms with Crippen LogP contribution in [0.25, 0.3) is 0 Å². The number of fused-ring (bicyclic) bond motifs is 2. The fourth-order valence-electron chi connectivity index (χ4n) is 3.46. The number of hydrogen-bond acceptors (Lipinski definition) is 2. The van der Waals surface area contributed by atoms with Gasteiger partial charge in [0.05, 0.1) is 22.4 Å². The molecule has 0 unspecified atom stereocenters. The van der Waals surface area contributed by atoms with Crippen molar-refractivity contribution in [3.8, 4) is 0 Å². The van der Waals surface area contributed by atoms with Crippen LogP contribution in [0.2, 0.25) is 0 Å². The predicted octanol–water partition coefficient (Wildman–Crippen LogP) is 4.11. The molecule has 5 nitrogen and oxygen atoms in total. The molecule has 132 valence electrons. The fraction of sp³-hybridized carbons (Fsp3) is 0.368. The van der Waals surface area contributed by atoms with Crippen molar-refractivity contribution in [2.75, 3.05) is 21.7 Å². The molecule has 2 heterocycles. The van der Waals surface area contributed by atoms with E-state index in [1.165, 1.54) is 0 Å². The van der Waals surface area contributed by atoms with Crippen LogP contribution in [0, 0.1) is 0 Å². The number of rotatable bonds is 4. The number of alkyl halides is 1. The number of carbonyl (C=O) groups is 2. The first kappa shape index (κ1) is 17.7. The largest absolute Gasteiger partial charge is 0.342 e. The summed E-state index contributed by atoms with van der Waals surface area (Å²) in [4.78, 5) is 29.7. The Morgan fingerprint density at radius 1 is 1.08 bits per heavy atom. The van der Waals surface area contributed by atoms with E-state index in [-0.39, 0.29) is 17.1 Å². The van der Waals surface area contributed by atoms with Gasteiger partial charge in [-0.05, 0) is 38.0 Å². The molecule has 0 N–H and O–H groups in total. The Balaban J connectivity index is 2.41. The maximum absolute atomic E-state index is 13.4. The van der Waals surface area contributed by atoms with Crippen LogP contribution >= 0.6 is 15.9 Å². The molecule has 6 heteroatoms. The summed E-state index contributed by atoms with van der Waals surface area (Å²) in [6, 6.07) is 7.61. The number of nitrogens with zero attached hydrogens (tertiary/aromatic N) is 3. The van der Waals surface area contributed by atoms with Gasteiger partial charge in [-0.15, -0.1) is 0 Å². The van der Waals surface area contributed by atoms with Crippen LogP contribution in [-0.4, -0.2) is 28.3 Å². The maximum atomic E-state index is 13.4. The molecular formula is C19H22BrN3O2. The molecular weight excluding hydrogens is 382 g/mol. The molecule has 0 aliphatic carbocycles. The van der Waals surface area contributed by atoms with Crippen LogP contribution in [-0.2, 0) is 17.8 Å². The number of aromatic nitrogens is 1. The Labute approximate surface area is 156 Å². The molecule has 0 saturated heterocycles. The van der Waals surface area contributed by atoms with Crippen LogP contribution in [0.1, 0.15) is 36.8 Å². The monoisotopic (exact) mass is 403 g/mol. The molecule has 1 aliphatic heterocycles. The quantitative estimate of drug-likeness (QED) is 0.720. The summed E-state index contributed by atoms with van der Waals surface area (Å²) in [5, 5.41) is 0.196. The molecule has 2 aromatic rings. The smallest absolute Gasteiger partial charge is 0.277 e. The van der Waals surface area contributed by atoms with E-state index in [1.807, 2.05) is 55.8 Å². The minimum Gasteiger partial charge on any atom is -0.342 e. The van der Waals surface area contributed by atoms with Gasteiger partial charge in [0.2, 0.25) is 5.91 Å². The van der Waals surface area contributed by atoms with E-state index < -0.39 is 0 Å². The van der Waals surface area contributed by atoms with E-state index in [2.05, 4.69) is 15.9 Å². The minimum absolute atomic E-state index is 0.0589. The summed E-state index contributed by atoms with van der Waals surface area (Å²) in [5.41, 5.74) is 3.84. The Kier molecular flexibility index (Phi) is 4.99. The van der Waals surface area contributed by atoms with E-state index in [0.29, 0.717) is 18.8 Å². The Morgan fingerprint density at radius 3 is 2.32 bits per heavy atom. The summed E-state index contributed by atoms with van der Waals surface area (Å²) in [6.45, 7) is 7.24. The van der Waals surface area contributed by atoms with E-state index in [1.54, 1.807) is 9.80 Å². The molecule has 1 aromatic carbocycles. The second-order valence-corrected chi connectivity index (χ2v) is 6.45. The highest BCUT2D eigenvalue weighted by atomic mass is 79.9. The van der Waals surface area contributed by atoms with Crippen molar-refractivity contribution in [1.82, 2.24) is 4.57 Å². The number of halogens is 1. The van der Waals surface area contributed by atoms with Crippen molar-refractivity contribution < 1.29 is 9.59 Å². The van der Waals surface area contributed by atoms with Crippen molar-refractivity contribution in [3.63, 3.8) is 0 Å². The zero-order valence-electron chi connectivity index (χ0n) is 14.8. The van der Waals surface area contributed by atoms with E-state index in [9.17, 15) is 9.59 Å². The number of hydrogen-bond donors (Lipinski definition) is 0. The van der Waals surface area contributed by atoms with Crippen molar-refractivity contribution in [2.24, 2.45) is 0 Å². The van der Waals surface area contributed by atoms with Crippen molar-refractivity contribution in [3.05, 3.63) is 41.7 Å². The second-order valence-electron chi connectivity index (χ2n) is 5.89. The molecule has 1 aliphatic rings. The molecule has 0 saturated carbocycles. The summed E-state index contributed by atoms with van der Waals surface area (Å²) in [5.74, 6) is -0.139. The topological polar surface area (TPSA) is 45.6 Å². The molecule has 2 amide bonds. The lowest BCUT2D eigenvalue weighted by Crippen LogP contribution is -2.31. The highest BCUT2D eigenvalue weighted by Gasteiger charge is 2.36. The first-order valence-electron chi connectivity index (χ1n) is 8.60. The molecule has 0 bridgehead atoms. The summed E-state index contributed by atoms with van der Waals surface area (Å²) < 4.78 is 1.96. The van der Waals surface area contributed by atoms with Crippen LogP contribution < -0.4 is 9.80 Å². The van der Waals surface area contributed by atoms with Gasteiger partial charge in [0, 0.05) is 19.3 Å². The molecule has 0 spiro atoms. The van der Waals surface area contributed by atoms with Gasteiger partial charge >= 0.3 is 0 Å². The molecule has 25 heavy (non-hydrogen) atoms. The highest BCUT2D eigenvalue weighted by molar-refractivity contribution is 9.09. The van der Waals surface area contributed by atoms with Crippen molar-refractivity contribution in [2.45, 2.75) is 33.7 Å². The Hall–Kier alpha value is -2.08. The molecule has 0 fully saturated rings.